The Bertz CT molecular complexity index is 391. The molecule has 0 bridgehead atoms. The van der Waals surface area contributed by atoms with Crippen molar-refractivity contribution in [2.75, 3.05) is 39.5 Å². The Morgan fingerprint density at radius 3 is 2.53 bits per heavy atom. The molecule has 1 amide bonds. The summed E-state index contributed by atoms with van der Waals surface area (Å²) >= 11 is 0. The average Bonchev–Trinajstić information content (AvgIpc) is 2.37. The first-order chi connectivity index (χ1) is 9.02. The van der Waals surface area contributed by atoms with Gasteiger partial charge in [0.1, 0.15) is 5.82 Å². The summed E-state index contributed by atoms with van der Waals surface area (Å²) in [7, 11) is 5.40. The second-order valence-corrected chi connectivity index (χ2v) is 4.78. The lowest BCUT2D eigenvalue weighted by Crippen LogP contribution is -2.34. The van der Waals surface area contributed by atoms with Crippen molar-refractivity contribution in [3.8, 4) is 0 Å². The molecule has 19 heavy (non-hydrogen) atoms. The Balaban J connectivity index is 2.46. The molecule has 0 aromatic carbocycles. The maximum absolute atomic E-state index is 11.6. The van der Waals surface area contributed by atoms with Crippen molar-refractivity contribution in [3.63, 3.8) is 0 Å². The molecule has 0 saturated heterocycles. The number of aromatic nitrogens is 2. The third kappa shape index (κ3) is 5.65. The maximum Gasteiger partial charge on any atom is 0.236 e. The van der Waals surface area contributed by atoms with Gasteiger partial charge in [-0.05, 0) is 13.5 Å². The Morgan fingerprint density at radius 1 is 1.26 bits per heavy atom. The fourth-order valence-corrected chi connectivity index (χ4v) is 1.49. The van der Waals surface area contributed by atoms with Crippen LogP contribution in [-0.4, -0.2) is 59.9 Å². The van der Waals surface area contributed by atoms with Gasteiger partial charge in [-0.1, -0.05) is 6.92 Å². The number of hydrogen-bond acceptors (Lipinski definition) is 5. The summed E-state index contributed by atoms with van der Waals surface area (Å²) < 4.78 is 0. The smallest absolute Gasteiger partial charge is 0.236 e. The molecule has 1 heterocycles. The Labute approximate surface area is 114 Å². The number of carbonyl (C=O) groups is 1. The molecule has 0 aliphatic rings. The Kier molecular flexibility index (Phi) is 6.21. The topological polar surface area (TPSA) is 61.4 Å². The highest BCUT2D eigenvalue weighted by molar-refractivity contribution is 5.77. The van der Waals surface area contributed by atoms with Crippen LogP contribution in [0.15, 0.2) is 12.4 Å². The molecular formula is C13H23N5O. The van der Waals surface area contributed by atoms with E-state index in [0.717, 1.165) is 24.5 Å². The van der Waals surface area contributed by atoms with E-state index < -0.39 is 0 Å². The highest BCUT2D eigenvalue weighted by Crippen LogP contribution is 2.03. The quantitative estimate of drug-likeness (QED) is 0.791. The van der Waals surface area contributed by atoms with Crippen LogP contribution in [0, 0.1) is 0 Å². The summed E-state index contributed by atoms with van der Waals surface area (Å²) in [5.41, 5.74) is 0.858. The summed E-state index contributed by atoms with van der Waals surface area (Å²) in [6.07, 6.45) is 4.53. The summed E-state index contributed by atoms with van der Waals surface area (Å²) in [4.78, 5) is 23.7. The van der Waals surface area contributed by atoms with Gasteiger partial charge in [0, 0.05) is 27.2 Å². The van der Waals surface area contributed by atoms with Crippen molar-refractivity contribution in [2.45, 2.75) is 19.9 Å². The van der Waals surface area contributed by atoms with Crippen LogP contribution in [0.25, 0.3) is 0 Å². The SMILES string of the molecule is CCCNc1cnc(CN(C)CC(=O)N(C)C)cn1. The fourth-order valence-electron chi connectivity index (χ4n) is 1.49. The third-order valence-electron chi connectivity index (χ3n) is 2.60. The number of hydrogen-bond donors (Lipinski definition) is 1. The van der Waals surface area contributed by atoms with Crippen molar-refractivity contribution >= 4 is 11.7 Å². The first-order valence-electron chi connectivity index (χ1n) is 6.46. The molecule has 0 atom stereocenters. The van der Waals surface area contributed by atoms with Gasteiger partial charge in [0.2, 0.25) is 5.91 Å². The van der Waals surface area contributed by atoms with Gasteiger partial charge in [-0.2, -0.15) is 0 Å². The second-order valence-electron chi connectivity index (χ2n) is 4.78. The number of amides is 1. The molecule has 0 spiro atoms. The lowest BCUT2D eigenvalue weighted by atomic mass is 10.4. The zero-order chi connectivity index (χ0) is 14.3. The lowest BCUT2D eigenvalue weighted by Gasteiger charge is -2.18. The highest BCUT2D eigenvalue weighted by Gasteiger charge is 2.09. The van der Waals surface area contributed by atoms with E-state index in [-0.39, 0.29) is 5.91 Å². The van der Waals surface area contributed by atoms with Gasteiger partial charge in [0.15, 0.2) is 0 Å². The molecule has 0 unspecified atom stereocenters. The summed E-state index contributed by atoms with van der Waals surface area (Å²) in [5, 5.41) is 3.17. The van der Waals surface area contributed by atoms with Gasteiger partial charge in [0.05, 0.1) is 24.6 Å². The fraction of sp³-hybridized carbons (Fsp3) is 0.615. The van der Waals surface area contributed by atoms with Gasteiger partial charge in [-0.3, -0.25) is 14.7 Å². The van der Waals surface area contributed by atoms with E-state index in [1.807, 2.05) is 11.9 Å². The van der Waals surface area contributed by atoms with Gasteiger partial charge in [-0.25, -0.2) is 4.98 Å². The van der Waals surface area contributed by atoms with E-state index in [4.69, 9.17) is 0 Å². The zero-order valence-corrected chi connectivity index (χ0v) is 12.2. The van der Waals surface area contributed by atoms with Crippen LogP contribution in [0.5, 0.6) is 0 Å². The van der Waals surface area contributed by atoms with Crippen LogP contribution >= 0.6 is 0 Å². The Morgan fingerprint density at radius 2 is 2.00 bits per heavy atom. The molecule has 6 heteroatoms. The van der Waals surface area contributed by atoms with Crippen molar-refractivity contribution in [1.82, 2.24) is 19.8 Å². The number of nitrogens with one attached hydrogen (secondary N) is 1. The van der Waals surface area contributed by atoms with Crippen LogP contribution in [0.2, 0.25) is 0 Å². The first kappa shape index (κ1) is 15.4. The number of nitrogens with zero attached hydrogens (tertiary/aromatic N) is 4. The van der Waals surface area contributed by atoms with Crippen LogP contribution < -0.4 is 5.32 Å². The minimum atomic E-state index is 0.0803. The number of likely N-dealkylation sites (N-methyl/N-ethyl adjacent to an activating group) is 2. The molecule has 0 aliphatic carbocycles. The Hall–Kier alpha value is -1.69. The number of carbonyl (C=O) groups excluding carboxylic acids is 1. The van der Waals surface area contributed by atoms with Crippen LogP contribution in [0.1, 0.15) is 19.0 Å². The first-order valence-corrected chi connectivity index (χ1v) is 6.46. The van der Waals surface area contributed by atoms with Crippen molar-refractivity contribution < 1.29 is 4.79 Å². The van der Waals surface area contributed by atoms with Crippen LogP contribution in [0.4, 0.5) is 5.82 Å². The molecule has 1 N–H and O–H groups in total. The standard InChI is InChI=1S/C13H23N5O/c1-5-6-14-12-8-15-11(7-16-12)9-18(4)10-13(19)17(2)3/h7-8H,5-6,9-10H2,1-4H3,(H,14,16). The second kappa shape index (κ2) is 7.68. The monoisotopic (exact) mass is 265 g/mol. The zero-order valence-electron chi connectivity index (χ0n) is 12.2. The summed E-state index contributed by atoms with van der Waals surface area (Å²) in [5.74, 6) is 0.870. The van der Waals surface area contributed by atoms with E-state index in [2.05, 4.69) is 22.2 Å². The molecule has 0 fully saturated rings. The molecular weight excluding hydrogens is 242 g/mol. The van der Waals surface area contributed by atoms with E-state index in [1.54, 1.807) is 31.4 Å². The molecule has 1 aromatic heterocycles. The van der Waals surface area contributed by atoms with Crippen LogP contribution in [0.3, 0.4) is 0 Å². The highest BCUT2D eigenvalue weighted by atomic mass is 16.2. The van der Waals surface area contributed by atoms with Gasteiger partial charge in [-0.15, -0.1) is 0 Å². The van der Waals surface area contributed by atoms with Crippen molar-refractivity contribution in [1.29, 1.82) is 0 Å². The molecule has 106 valence electrons. The summed E-state index contributed by atoms with van der Waals surface area (Å²) in [6.45, 7) is 3.99. The van der Waals surface area contributed by atoms with Crippen molar-refractivity contribution in [3.05, 3.63) is 18.1 Å². The molecule has 0 saturated carbocycles. The minimum absolute atomic E-state index is 0.0803. The van der Waals surface area contributed by atoms with E-state index in [1.165, 1.54) is 0 Å². The minimum Gasteiger partial charge on any atom is -0.369 e. The molecule has 0 aliphatic heterocycles. The normalized spacial score (nSPS) is 10.6. The molecule has 0 radical (unpaired) electrons. The lowest BCUT2D eigenvalue weighted by molar-refractivity contribution is -0.129. The molecule has 1 rings (SSSR count). The summed E-state index contributed by atoms with van der Waals surface area (Å²) in [6, 6.07) is 0. The van der Waals surface area contributed by atoms with E-state index >= 15 is 0 Å². The number of rotatable bonds is 7. The van der Waals surface area contributed by atoms with E-state index in [0.29, 0.717) is 13.1 Å². The van der Waals surface area contributed by atoms with Gasteiger partial charge < -0.3 is 10.2 Å². The number of anilines is 1. The van der Waals surface area contributed by atoms with Gasteiger partial charge >= 0.3 is 0 Å². The third-order valence-corrected chi connectivity index (χ3v) is 2.60. The van der Waals surface area contributed by atoms with Gasteiger partial charge in [0.25, 0.3) is 0 Å². The van der Waals surface area contributed by atoms with Crippen LogP contribution in [-0.2, 0) is 11.3 Å². The van der Waals surface area contributed by atoms with E-state index in [9.17, 15) is 4.79 Å². The molecule has 1 aromatic rings. The maximum atomic E-state index is 11.6. The average molecular weight is 265 g/mol. The predicted octanol–water partition coefficient (Wildman–Crippen LogP) is 0.818. The molecule has 6 nitrogen and oxygen atoms in total. The predicted molar refractivity (Wildman–Crippen MR) is 75.8 cm³/mol. The van der Waals surface area contributed by atoms with Crippen molar-refractivity contribution in [2.24, 2.45) is 0 Å². The largest absolute Gasteiger partial charge is 0.369 e.